The highest BCUT2D eigenvalue weighted by Crippen LogP contribution is 2.20. The Balaban J connectivity index is 1.53. The van der Waals surface area contributed by atoms with Crippen LogP contribution in [-0.2, 0) is 4.74 Å². The molecule has 28 heavy (non-hydrogen) atoms. The second-order valence-corrected chi connectivity index (χ2v) is 6.74. The largest absolute Gasteiger partial charge is 0.465 e. The molecular formula is C22H25N3O3. The van der Waals surface area contributed by atoms with Crippen LogP contribution in [0.3, 0.4) is 0 Å². The summed E-state index contributed by atoms with van der Waals surface area (Å²) in [4.78, 5) is 28.2. The van der Waals surface area contributed by atoms with Gasteiger partial charge in [-0.3, -0.25) is 4.79 Å². The minimum atomic E-state index is -0.450. The van der Waals surface area contributed by atoms with E-state index < -0.39 is 5.97 Å². The van der Waals surface area contributed by atoms with E-state index in [1.165, 1.54) is 38.4 Å². The molecule has 1 aromatic carbocycles. The van der Waals surface area contributed by atoms with Crippen molar-refractivity contribution >= 4 is 23.3 Å². The fourth-order valence-corrected chi connectivity index (χ4v) is 3.17. The van der Waals surface area contributed by atoms with E-state index in [1.54, 1.807) is 36.5 Å². The molecule has 0 radical (unpaired) electrons. The quantitative estimate of drug-likeness (QED) is 0.550. The summed E-state index contributed by atoms with van der Waals surface area (Å²) >= 11 is 0. The summed E-state index contributed by atoms with van der Waals surface area (Å²) in [6.07, 6.45) is 10.1. The first-order chi connectivity index (χ1) is 13.7. The summed E-state index contributed by atoms with van der Waals surface area (Å²) in [6, 6.07) is 10.1. The lowest BCUT2D eigenvalue weighted by atomic mass is 9.97. The molecule has 146 valence electrons. The van der Waals surface area contributed by atoms with Crippen LogP contribution in [0.15, 0.2) is 54.2 Å². The monoisotopic (exact) mass is 379 g/mol. The van der Waals surface area contributed by atoms with Crippen molar-refractivity contribution in [1.82, 2.24) is 4.98 Å². The van der Waals surface area contributed by atoms with Crippen molar-refractivity contribution in [3.8, 4) is 0 Å². The summed E-state index contributed by atoms with van der Waals surface area (Å²) in [7, 11) is 1.32. The first kappa shape index (κ1) is 19.6. The van der Waals surface area contributed by atoms with Gasteiger partial charge in [-0.25, -0.2) is 9.78 Å². The first-order valence-corrected chi connectivity index (χ1v) is 9.53. The Hall–Kier alpha value is -3.15. The lowest BCUT2D eigenvalue weighted by Gasteiger charge is -2.13. The van der Waals surface area contributed by atoms with Crippen molar-refractivity contribution in [2.75, 3.05) is 24.3 Å². The van der Waals surface area contributed by atoms with Crippen LogP contribution in [0.5, 0.6) is 0 Å². The summed E-state index contributed by atoms with van der Waals surface area (Å²) in [6.45, 7) is 0.860. The molecule has 1 aromatic heterocycles. The number of pyridine rings is 1. The van der Waals surface area contributed by atoms with Crippen LogP contribution in [0.25, 0.3) is 0 Å². The zero-order chi connectivity index (χ0) is 19.8. The Kier molecular flexibility index (Phi) is 6.78. The zero-order valence-corrected chi connectivity index (χ0v) is 16.0. The molecule has 1 heterocycles. The van der Waals surface area contributed by atoms with Crippen molar-refractivity contribution in [3.05, 3.63) is 65.5 Å². The van der Waals surface area contributed by atoms with Crippen molar-refractivity contribution < 1.29 is 14.3 Å². The molecule has 1 amide bonds. The third-order valence-corrected chi connectivity index (χ3v) is 4.70. The minimum absolute atomic E-state index is 0.309. The number of nitrogens with one attached hydrogen (secondary N) is 2. The number of methoxy groups -OCH3 is 1. The number of benzene rings is 1. The summed E-state index contributed by atoms with van der Waals surface area (Å²) in [5.41, 5.74) is 3.61. The topological polar surface area (TPSA) is 80.3 Å². The number of hydrogen-bond acceptors (Lipinski definition) is 5. The predicted octanol–water partition coefficient (Wildman–Crippen LogP) is 4.42. The van der Waals surface area contributed by atoms with Gasteiger partial charge in [-0.1, -0.05) is 17.7 Å². The van der Waals surface area contributed by atoms with Gasteiger partial charge in [0.25, 0.3) is 5.91 Å². The fourth-order valence-electron chi connectivity index (χ4n) is 3.17. The van der Waals surface area contributed by atoms with Crippen molar-refractivity contribution in [2.24, 2.45) is 0 Å². The van der Waals surface area contributed by atoms with Gasteiger partial charge in [0.2, 0.25) is 0 Å². The SMILES string of the molecule is COC(=O)c1cccc(NC(=O)c2ccc(NCCC3=CCCCC3)cn2)c1. The molecule has 1 aliphatic carbocycles. The Bertz CT molecular complexity index is 860. The van der Waals surface area contributed by atoms with Crippen molar-refractivity contribution in [1.29, 1.82) is 0 Å². The number of carbonyl (C=O) groups is 2. The van der Waals surface area contributed by atoms with Crippen LogP contribution in [0.1, 0.15) is 53.0 Å². The van der Waals surface area contributed by atoms with Gasteiger partial charge >= 0.3 is 5.97 Å². The minimum Gasteiger partial charge on any atom is -0.465 e. The highest BCUT2D eigenvalue weighted by molar-refractivity contribution is 6.03. The van der Waals surface area contributed by atoms with Crippen molar-refractivity contribution in [2.45, 2.75) is 32.1 Å². The fraction of sp³-hybridized carbons (Fsp3) is 0.318. The first-order valence-electron chi connectivity index (χ1n) is 9.53. The average molecular weight is 379 g/mol. The van der Waals surface area contributed by atoms with E-state index in [1.807, 2.05) is 6.07 Å². The number of allylic oxidation sites excluding steroid dienone is 1. The standard InChI is InChI=1S/C22H25N3O3/c1-28-22(27)17-8-5-9-18(14-17)25-21(26)20-11-10-19(15-24-20)23-13-12-16-6-3-2-4-7-16/h5-6,8-11,14-15,23H,2-4,7,12-13H2,1H3,(H,25,26). The Morgan fingerprint density at radius 3 is 2.75 bits per heavy atom. The van der Waals surface area contributed by atoms with Gasteiger partial charge in [0, 0.05) is 12.2 Å². The average Bonchev–Trinajstić information content (AvgIpc) is 2.74. The van der Waals surface area contributed by atoms with Gasteiger partial charge in [0.05, 0.1) is 24.6 Å². The van der Waals surface area contributed by atoms with Gasteiger partial charge in [0.1, 0.15) is 5.69 Å². The van der Waals surface area contributed by atoms with E-state index in [4.69, 9.17) is 4.74 Å². The maximum Gasteiger partial charge on any atom is 0.337 e. The van der Waals surface area contributed by atoms with Crippen LogP contribution in [0.4, 0.5) is 11.4 Å². The lowest BCUT2D eigenvalue weighted by molar-refractivity contribution is 0.0600. The molecule has 0 unspecified atom stereocenters. The Morgan fingerprint density at radius 1 is 1.14 bits per heavy atom. The second-order valence-electron chi connectivity index (χ2n) is 6.74. The number of aromatic nitrogens is 1. The molecular weight excluding hydrogens is 354 g/mol. The highest BCUT2D eigenvalue weighted by Gasteiger charge is 2.10. The van der Waals surface area contributed by atoms with Crippen LogP contribution in [-0.4, -0.2) is 30.5 Å². The molecule has 0 saturated heterocycles. The molecule has 2 N–H and O–H groups in total. The maximum absolute atomic E-state index is 12.4. The molecule has 0 saturated carbocycles. The van der Waals surface area contributed by atoms with E-state index in [9.17, 15) is 9.59 Å². The number of amides is 1. The van der Waals surface area contributed by atoms with E-state index in [0.29, 0.717) is 16.9 Å². The van der Waals surface area contributed by atoms with Gasteiger partial charge in [0.15, 0.2) is 0 Å². The summed E-state index contributed by atoms with van der Waals surface area (Å²) in [5, 5.41) is 6.09. The maximum atomic E-state index is 12.4. The van der Waals surface area contributed by atoms with Crippen molar-refractivity contribution in [3.63, 3.8) is 0 Å². The third-order valence-electron chi connectivity index (χ3n) is 4.70. The Morgan fingerprint density at radius 2 is 2.04 bits per heavy atom. The normalized spacial score (nSPS) is 13.4. The molecule has 6 heteroatoms. The number of esters is 1. The number of carbonyl (C=O) groups excluding carboxylic acids is 2. The number of ether oxygens (including phenoxy) is 1. The lowest BCUT2D eigenvalue weighted by Crippen LogP contribution is -2.14. The van der Waals surface area contributed by atoms with Crippen LogP contribution < -0.4 is 10.6 Å². The van der Waals surface area contributed by atoms with Gasteiger partial charge in [-0.05, 0) is 62.4 Å². The van der Waals surface area contributed by atoms with Crippen LogP contribution in [0.2, 0.25) is 0 Å². The Labute approximate surface area is 165 Å². The summed E-state index contributed by atoms with van der Waals surface area (Å²) < 4.78 is 4.69. The zero-order valence-electron chi connectivity index (χ0n) is 16.0. The second kappa shape index (κ2) is 9.69. The smallest absolute Gasteiger partial charge is 0.337 e. The molecule has 0 bridgehead atoms. The number of hydrogen-bond donors (Lipinski definition) is 2. The van der Waals surface area contributed by atoms with Gasteiger partial charge < -0.3 is 15.4 Å². The highest BCUT2D eigenvalue weighted by atomic mass is 16.5. The molecule has 6 nitrogen and oxygen atoms in total. The molecule has 3 rings (SSSR count). The number of anilines is 2. The predicted molar refractivity (Wildman–Crippen MR) is 110 cm³/mol. The number of nitrogens with zero attached hydrogens (tertiary/aromatic N) is 1. The van der Waals surface area contributed by atoms with Crippen LogP contribution in [0, 0.1) is 0 Å². The third kappa shape index (κ3) is 5.42. The van der Waals surface area contributed by atoms with E-state index in [2.05, 4.69) is 21.7 Å². The molecule has 0 spiro atoms. The van der Waals surface area contributed by atoms with E-state index >= 15 is 0 Å². The van der Waals surface area contributed by atoms with E-state index in [0.717, 1.165) is 18.7 Å². The van der Waals surface area contributed by atoms with Gasteiger partial charge in [-0.15, -0.1) is 0 Å². The number of rotatable bonds is 7. The molecule has 0 fully saturated rings. The molecule has 1 aliphatic rings. The van der Waals surface area contributed by atoms with Gasteiger partial charge in [-0.2, -0.15) is 0 Å². The van der Waals surface area contributed by atoms with Crippen LogP contribution >= 0.6 is 0 Å². The summed E-state index contributed by atoms with van der Waals surface area (Å²) in [5.74, 6) is -0.783. The molecule has 2 aromatic rings. The molecule has 0 atom stereocenters. The molecule has 0 aliphatic heterocycles. The van der Waals surface area contributed by atoms with E-state index in [-0.39, 0.29) is 5.91 Å².